The molecule has 4 N–H and O–H groups in total. The number of halogens is 2. The summed E-state index contributed by atoms with van der Waals surface area (Å²) in [4.78, 5) is 14.5. The molecule has 172 valence electrons. The molecule has 3 aromatic rings. The maximum absolute atomic E-state index is 11.0. The second kappa shape index (κ2) is 12.2. The van der Waals surface area contributed by atoms with Crippen LogP contribution in [0.1, 0.15) is 17.2 Å². The Morgan fingerprint density at radius 1 is 1.09 bits per heavy atom. The van der Waals surface area contributed by atoms with Crippen LogP contribution in [0.5, 0.6) is 0 Å². The van der Waals surface area contributed by atoms with Gasteiger partial charge in [0.05, 0.1) is 11.0 Å². The van der Waals surface area contributed by atoms with Gasteiger partial charge in [-0.05, 0) is 54.9 Å². The van der Waals surface area contributed by atoms with E-state index in [9.17, 15) is 15.2 Å². The van der Waals surface area contributed by atoms with Crippen molar-refractivity contribution in [2.45, 2.75) is 12.5 Å². The molecule has 0 radical (unpaired) electrons. The first-order valence-corrected chi connectivity index (χ1v) is 10.9. The van der Waals surface area contributed by atoms with Crippen LogP contribution in [0.15, 0.2) is 79.0 Å². The molecule has 0 aliphatic rings. The maximum Gasteiger partial charge on any atom is 0.274 e. The van der Waals surface area contributed by atoms with Crippen LogP contribution in [0.25, 0.3) is 0 Å². The quantitative estimate of drug-likeness (QED) is 0.173. The zero-order valence-corrected chi connectivity index (χ0v) is 19.1. The summed E-state index contributed by atoms with van der Waals surface area (Å²) in [5, 5.41) is 31.2. The van der Waals surface area contributed by atoms with Crippen molar-refractivity contribution in [3.8, 4) is 0 Å². The minimum Gasteiger partial charge on any atom is -0.387 e. The third kappa shape index (κ3) is 8.36. The minimum absolute atomic E-state index is 0.164. The third-order valence-electron chi connectivity index (χ3n) is 4.61. The van der Waals surface area contributed by atoms with E-state index < -0.39 is 11.0 Å². The lowest BCUT2D eigenvalue weighted by Crippen LogP contribution is -2.23. The van der Waals surface area contributed by atoms with Crippen LogP contribution in [0.4, 0.5) is 11.4 Å². The number of pyridine rings is 1. The lowest BCUT2D eigenvalue weighted by atomic mass is 10.1. The highest BCUT2D eigenvalue weighted by molar-refractivity contribution is 6.35. The Labute approximate surface area is 201 Å². The first kappa shape index (κ1) is 24.5. The number of aliphatic hydroxyl groups excluding tert-OH is 1. The predicted octanol–water partition coefficient (Wildman–Crippen LogP) is 4.85. The molecule has 0 aliphatic carbocycles. The van der Waals surface area contributed by atoms with Gasteiger partial charge in [-0.3, -0.25) is 15.1 Å². The molecule has 0 fully saturated rings. The topological polar surface area (TPSA) is 112 Å². The fourth-order valence-corrected chi connectivity index (χ4v) is 3.58. The Morgan fingerprint density at radius 2 is 1.79 bits per heavy atom. The van der Waals surface area contributed by atoms with Gasteiger partial charge in [-0.2, -0.15) is 0 Å². The zero-order chi connectivity index (χ0) is 23.6. The first-order valence-electron chi connectivity index (χ1n) is 10.1. The summed E-state index contributed by atoms with van der Waals surface area (Å²) in [6, 6.07) is 16.0. The number of aromatic nitrogens is 1. The molecule has 8 nitrogen and oxygen atoms in total. The van der Waals surface area contributed by atoms with E-state index in [1.54, 1.807) is 36.7 Å². The normalized spacial score (nSPS) is 12.3. The number of benzene rings is 2. The van der Waals surface area contributed by atoms with Crippen LogP contribution < -0.4 is 16.0 Å². The number of hydrogen-bond donors (Lipinski definition) is 4. The van der Waals surface area contributed by atoms with Crippen LogP contribution in [0, 0.1) is 10.1 Å². The number of nitro groups is 1. The SMILES string of the molecule is O=[N+]([O-])/C=C(\Nc1ccc(CCNC[C@H](O)c2cccnc2)cc1)Nc1cc(Cl)cc(Cl)c1. The first-order chi connectivity index (χ1) is 15.9. The van der Waals surface area contributed by atoms with Crippen molar-refractivity contribution in [3.05, 3.63) is 110 Å². The molecule has 2 aromatic carbocycles. The lowest BCUT2D eigenvalue weighted by molar-refractivity contribution is -0.403. The van der Waals surface area contributed by atoms with Gasteiger partial charge in [-0.15, -0.1) is 0 Å². The Kier molecular flexibility index (Phi) is 9.03. The van der Waals surface area contributed by atoms with Gasteiger partial charge in [-0.25, -0.2) is 0 Å². The van der Waals surface area contributed by atoms with E-state index in [1.807, 2.05) is 30.3 Å². The number of hydrogen-bond acceptors (Lipinski definition) is 7. The standard InChI is InChI=1S/C23H23Cl2N5O3/c24-18-10-19(25)12-21(11-18)29-23(15-30(32)33)28-20-5-3-16(4-6-20)7-9-27-14-22(31)17-2-1-8-26-13-17/h1-6,8,10-13,15,22,27-29,31H,7,9,14H2/b23-15+/t22-/m0/s1. The van der Waals surface area contributed by atoms with Gasteiger partial charge >= 0.3 is 0 Å². The number of rotatable bonds is 11. The summed E-state index contributed by atoms with van der Waals surface area (Å²) in [7, 11) is 0. The maximum atomic E-state index is 11.0. The van der Waals surface area contributed by atoms with Crippen LogP contribution >= 0.6 is 23.2 Å². The van der Waals surface area contributed by atoms with Crippen molar-refractivity contribution >= 4 is 34.6 Å². The van der Waals surface area contributed by atoms with Crippen LogP contribution in [-0.4, -0.2) is 28.1 Å². The molecule has 1 heterocycles. The Hall–Kier alpha value is -3.17. The van der Waals surface area contributed by atoms with Gasteiger partial charge < -0.3 is 21.1 Å². The van der Waals surface area contributed by atoms with Gasteiger partial charge in [-0.1, -0.05) is 41.4 Å². The molecule has 10 heteroatoms. The van der Waals surface area contributed by atoms with Crippen molar-refractivity contribution in [3.63, 3.8) is 0 Å². The van der Waals surface area contributed by atoms with Crippen LogP contribution in [0.2, 0.25) is 10.0 Å². The van der Waals surface area contributed by atoms with Crippen molar-refractivity contribution in [1.29, 1.82) is 0 Å². The van der Waals surface area contributed by atoms with Gasteiger partial charge in [0, 0.05) is 45.9 Å². The summed E-state index contributed by atoms with van der Waals surface area (Å²) < 4.78 is 0. The van der Waals surface area contributed by atoms with Gasteiger partial charge in [0.25, 0.3) is 6.20 Å². The smallest absolute Gasteiger partial charge is 0.274 e. The van der Waals surface area contributed by atoms with Gasteiger partial charge in [0.2, 0.25) is 0 Å². The van der Waals surface area contributed by atoms with Gasteiger partial charge in [0.15, 0.2) is 5.82 Å². The summed E-state index contributed by atoms with van der Waals surface area (Å²) in [5.41, 5.74) is 3.04. The second-order valence-corrected chi connectivity index (χ2v) is 8.06. The highest BCUT2D eigenvalue weighted by Crippen LogP contribution is 2.24. The van der Waals surface area contributed by atoms with Gasteiger partial charge in [0.1, 0.15) is 0 Å². The van der Waals surface area contributed by atoms with Crippen LogP contribution in [-0.2, 0) is 6.42 Å². The summed E-state index contributed by atoms with van der Waals surface area (Å²) in [6.45, 7) is 1.12. The van der Waals surface area contributed by atoms with E-state index in [2.05, 4.69) is 20.9 Å². The molecule has 0 amide bonds. The molecular formula is C23H23Cl2N5O3. The molecule has 0 spiro atoms. The number of nitrogens with one attached hydrogen (secondary N) is 3. The number of aliphatic hydroxyl groups is 1. The fraction of sp³-hybridized carbons (Fsp3) is 0.174. The molecule has 3 rings (SSSR count). The second-order valence-electron chi connectivity index (χ2n) is 7.19. The molecule has 0 saturated heterocycles. The van der Waals surface area contributed by atoms with E-state index in [1.165, 1.54) is 0 Å². The van der Waals surface area contributed by atoms with E-state index in [4.69, 9.17) is 23.2 Å². The van der Waals surface area contributed by atoms with E-state index >= 15 is 0 Å². The predicted molar refractivity (Wildman–Crippen MR) is 131 cm³/mol. The van der Waals surface area contributed by atoms with Crippen molar-refractivity contribution in [2.24, 2.45) is 0 Å². The summed E-state index contributed by atoms with van der Waals surface area (Å²) in [6.07, 6.45) is 4.30. The minimum atomic E-state index is -0.612. The molecule has 33 heavy (non-hydrogen) atoms. The molecule has 1 atom stereocenters. The number of nitrogens with zero attached hydrogens (tertiary/aromatic N) is 2. The Balaban J connectivity index is 1.52. The Morgan fingerprint density at radius 3 is 2.42 bits per heavy atom. The molecule has 0 saturated carbocycles. The average Bonchev–Trinajstić information content (AvgIpc) is 2.77. The monoisotopic (exact) mass is 487 g/mol. The molecule has 0 unspecified atom stereocenters. The van der Waals surface area contributed by atoms with Crippen LogP contribution in [0.3, 0.4) is 0 Å². The van der Waals surface area contributed by atoms with Crippen molar-refractivity contribution in [2.75, 3.05) is 23.7 Å². The highest BCUT2D eigenvalue weighted by Gasteiger charge is 2.08. The molecular weight excluding hydrogens is 465 g/mol. The Bertz CT molecular complexity index is 1070. The summed E-state index contributed by atoms with van der Waals surface area (Å²) in [5.74, 6) is 0.164. The zero-order valence-electron chi connectivity index (χ0n) is 17.5. The fourth-order valence-electron chi connectivity index (χ4n) is 3.06. The molecule has 0 aliphatic heterocycles. The highest BCUT2D eigenvalue weighted by atomic mass is 35.5. The van der Waals surface area contributed by atoms with E-state index in [0.717, 1.165) is 23.7 Å². The molecule has 1 aromatic heterocycles. The summed E-state index contributed by atoms with van der Waals surface area (Å²) >= 11 is 12.0. The number of anilines is 2. The molecule has 0 bridgehead atoms. The van der Waals surface area contributed by atoms with E-state index in [0.29, 0.717) is 34.5 Å². The largest absolute Gasteiger partial charge is 0.387 e. The lowest BCUT2D eigenvalue weighted by Gasteiger charge is -2.13. The van der Waals surface area contributed by atoms with Crippen molar-refractivity contribution in [1.82, 2.24) is 10.3 Å². The average molecular weight is 488 g/mol. The van der Waals surface area contributed by atoms with Crippen molar-refractivity contribution < 1.29 is 10.0 Å². The third-order valence-corrected chi connectivity index (χ3v) is 5.04. The van der Waals surface area contributed by atoms with E-state index in [-0.39, 0.29) is 5.82 Å².